The van der Waals surface area contributed by atoms with Gasteiger partial charge in [-0.15, -0.1) is 0 Å². The topological polar surface area (TPSA) is 74.2 Å². The molecule has 1 aliphatic rings. The second kappa shape index (κ2) is 10.1. The van der Waals surface area contributed by atoms with Gasteiger partial charge in [0.2, 0.25) is 0 Å². The van der Waals surface area contributed by atoms with Crippen molar-refractivity contribution < 1.29 is 28.8 Å². The molecule has 1 unspecified atom stereocenters. The monoisotopic (exact) mass is 290 g/mol. The Bertz CT molecular complexity index is 270. The van der Waals surface area contributed by atoms with Crippen LogP contribution in [0.3, 0.4) is 0 Å². The minimum atomic E-state index is -0.619. The maximum absolute atomic E-state index is 11.5. The molecule has 0 aromatic carbocycles. The van der Waals surface area contributed by atoms with Crippen LogP contribution >= 0.6 is 0 Å². The lowest BCUT2D eigenvalue weighted by atomic mass is 10.0. The molecule has 20 heavy (non-hydrogen) atoms. The van der Waals surface area contributed by atoms with E-state index in [4.69, 9.17) is 18.9 Å². The molecule has 0 saturated carbocycles. The standard InChI is InChI=1S/C14H26O6/c1-11-8-13(19-10-18-7-6-17-2)5-3-4-12(15)9-14(16)20-11/h11-13,15H,3-10H2,1-2H3/t11-,12?,13-/m1/s1. The smallest absolute Gasteiger partial charge is 0.308 e. The molecule has 0 aliphatic carbocycles. The number of ether oxygens (including phenoxy) is 4. The first-order valence-electron chi connectivity index (χ1n) is 7.17. The predicted molar refractivity (Wildman–Crippen MR) is 72.2 cm³/mol. The molecule has 1 fully saturated rings. The predicted octanol–water partition coefficient (Wildman–Crippen LogP) is 1.25. The van der Waals surface area contributed by atoms with Crippen molar-refractivity contribution in [1.82, 2.24) is 0 Å². The van der Waals surface area contributed by atoms with Crippen LogP contribution in [0.25, 0.3) is 0 Å². The van der Waals surface area contributed by atoms with E-state index in [0.717, 1.165) is 12.8 Å². The minimum Gasteiger partial charge on any atom is -0.462 e. The molecular weight excluding hydrogens is 264 g/mol. The van der Waals surface area contributed by atoms with Crippen molar-refractivity contribution >= 4 is 5.97 Å². The summed E-state index contributed by atoms with van der Waals surface area (Å²) in [5.74, 6) is -0.345. The summed E-state index contributed by atoms with van der Waals surface area (Å²) in [5.41, 5.74) is 0. The third-order valence-corrected chi connectivity index (χ3v) is 3.21. The minimum absolute atomic E-state index is 0.0226. The Labute approximate surface area is 120 Å². The molecule has 3 atom stereocenters. The van der Waals surface area contributed by atoms with Crippen molar-refractivity contribution in [1.29, 1.82) is 0 Å². The molecule has 0 aromatic heterocycles. The number of carbonyl (C=O) groups excluding carboxylic acids is 1. The fourth-order valence-corrected chi connectivity index (χ4v) is 2.18. The van der Waals surface area contributed by atoms with E-state index in [-0.39, 0.29) is 31.4 Å². The number of carbonyl (C=O) groups is 1. The van der Waals surface area contributed by atoms with Crippen molar-refractivity contribution in [2.75, 3.05) is 27.1 Å². The first-order chi connectivity index (χ1) is 9.61. The van der Waals surface area contributed by atoms with Gasteiger partial charge in [0.25, 0.3) is 0 Å². The number of aliphatic hydroxyl groups excluding tert-OH is 1. The summed E-state index contributed by atoms with van der Waals surface area (Å²) in [5, 5.41) is 9.67. The summed E-state index contributed by atoms with van der Waals surface area (Å²) in [4.78, 5) is 11.5. The summed E-state index contributed by atoms with van der Waals surface area (Å²) < 4.78 is 21.0. The van der Waals surface area contributed by atoms with Crippen LogP contribution in [-0.4, -0.2) is 56.5 Å². The highest BCUT2D eigenvalue weighted by Gasteiger charge is 2.21. The number of hydrogen-bond donors (Lipinski definition) is 1. The van der Waals surface area contributed by atoms with Crippen LogP contribution in [0.4, 0.5) is 0 Å². The molecule has 1 heterocycles. The molecule has 0 aromatic rings. The van der Waals surface area contributed by atoms with Gasteiger partial charge >= 0.3 is 5.97 Å². The van der Waals surface area contributed by atoms with Crippen LogP contribution in [-0.2, 0) is 23.7 Å². The molecule has 1 N–H and O–H groups in total. The summed E-state index contributed by atoms with van der Waals surface area (Å²) in [6.45, 7) is 3.08. The van der Waals surface area contributed by atoms with Crippen LogP contribution in [0.5, 0.6) is 0 Å². The molecule has 1 saturated heterocycles. The van der Waals surface area contributed by atoms with E-state index in [9.17, 15) is 9.90 Å². The van der Waals surface area contributed by atoms with Gasteiger partial charge in [0.1, 0.15) is 12.9 Å². The van der Waals surface area contributed by atoms with Crippen molar-refractivity contribution in [3.63, 3.8) is 0 Å². The van der Waals surface area contributed by atoms with Gasteiger partial charge in [-0.25, -0.2) is 0 Å². The average molecular weight is 290 g/mol. The first-order valence-corrected chi connectivity index (χ1v) is 7.17. The van der Waals surface area contributed by atoms with E-state index >= 15 is 0 Å². The number of rotatable bonds is 6. The number of hydrogen-bond acceptors (Lipinski definition) is 6. The van der Waals surface area contributed by atoms with E-state index in [1.807, 2.05) is 6.92 Å². The maximum atomic E-state index is 11.5. The van der Waals surface area contributed by atoms with E-state index in [1.165, 1.54) is 0 Å². The second-order valence-corrected chi connectivity index (χ2v) is 5.13. The Morgan fingerprint density at radius 2 is 2.15 bits per heavy atom. The van der Waals surface area contributed by atoms with Gasteiger partial charge in [-0.3, -0.25) is 4.79 Å². The maximum Gasteiger partial charge on any atom is 0.308 e. The molecule has 1 rings (SSSR count). The lowest BCUT2D eigenvalue weighted by molar-refractivity contribution is -0.155. The van der Waals surface area contributed by atoms with Gasteiger partial charge in [0, 0.05) is 13.5 Å². The Morgan fingerprint density at radius 1 is 1.35 bits per heavy atom. The molecule has 6 heteroatoms. The Kier molecular flexibility index (Phi) is 8.77. The summed E-state index contributed by atoms with van der Waals surface area (Å²) in [6.07, 6.45) is 2.12. The SMILES string of the molecule is COCCOCO[C@@H]1CCCC(O)CC(=O)O[C@H](C)C1. The number of aliphatic hydroxyl groups is 1. The molecule has 118 valence electrons. The summed E-state index contributed by atoms with van der Waals surface area (Å²) in [7, 11) is 1.62. The molecule has 1 aliphatic heterocycles. The Hall–Kier alpha value is -0.690. The number of esters is 1. The van der Waals surface area contributed by atoms with Crippen molar-refractivity contribution in [3.8, 4) is 0 Å². The fourth-order valence-electron chi connectivity index (χ4n) is 2.18. The van der Waals surface area contributed by atoms with Crippen LogP contribution < -0.4 is 0 Å². The van der Waals surface area contributed by atoms with E-state index in [1.54, 1.807) is 7.11 Å². The van der Waals surface area contributed by atoms with E-state index in [0.29, 0.717) is 26.1 Å². The Morgan fingerprint density at radius 3 is 2.90 bits per heavy atom. The zero-order valence-corrected chi connectivity index (χ0v) is 12.4. The van der Waals surface area contributed by atoms with Crippen molar-refractivity contribution in [2.45, 2.75) is 57.3 Å². The van der Waals surface area contributed by atoms with Crippen molar-refractivity contribution in [3.05, 3.63) is 0 Å². The third-order valence-electron chi connectivity index (χ3n) is 3.21. The molecule has 0 spiro atoms. The second-order valence-electron chi connectivity index (χ2n) is 5.13. The fraction of sp³-hybridized carbons (Fsp3) is 0.929. The van der Waals surface area contributed by atoms with Crippen LogP contribution in [0.15, 0.2) is 0 Å². The first kappa shape index (κ1) is 17.4. The van der Waals surface area contributed by atoms with Crippen LogP contribution in [0.1, 0.15) is 39.0 Å². The van der Waals surface area contributed by atoms with Crippen LogP contribution in [0, 0.1) is 0 Å². The highest BCUT2D eigenvalue weighted by atomic mass is 16.7. The zero-order valence-electron chi connectivity index (χ0n) is 12.4. The Balaban J connectivity index is 2.33. The van der Waals surface area contributed by atoms with Gasteiger partial charge in [0.05, 0.1) is 31.8 Å². The van der Waals surface area contributed by atoms with Gasteiger partial charge in [-0.05, 0) is 26.2 Å². The van der Waals surface area contributed by atoms with E-state index in [2.05, 4.69) is 0 Å². The van der Waals surface area contributed by atoms with Gasteiger partial charge in [0.15, 0.2) is 0 Å². The quantitative estimate of drug-likeness (QED) is 0.451. The van der Waals surface area contributed by atoms with Crippen LogP contribution in [0.2, 0.25) is 0 Å². The molecule has 0 radical (unpaired) electrons. The number of methoxy groups -OCH3 is 1. The molecule has 6 nitrogen and oxygen atoms in total. The summed E-state index contributed by atoms with van der Waals surface area (Å²) in [6, 6.07) is 0. The molecule has 0 amide bonds. The highest BCUT2D eigenvalue weighted by Crippen LogP contribution is 2.18. The van der Waals surface area contributed by atoms with Gasteiger partial charge < -0.3 is 24.1 Å². The average Bonchev–Trinajstić information content (AvgIpc) is 2.37. The number of cyclic esters (lactones) is 1. The zero-order chi connectivity index (χ0) is 14.8. The highest BCUT2D eigenvalue weighted by molar-refractivity contribution is 5.70. The molecule has 0 bridgehead atoms. The summed E-state index contributed by atoms with van der Waals surface area (Å²) >= 11 is 0. The van der Waals surface area contributed by atoms with E-state index < -0.39 is 6.10 Å². The lowest BCUT2D eigenvalue weighted by Crippen LogP contribution is -2.28. The normalized spacial score (nSPS) is 28.9. The van der Waals surface area contributed by atoms with Gasteiger partial charge in [-0.1, -0.05) is 0 Å². The van der Waals surface area contributed by atoms with Gasteiger partial charge in [-0.2, -0.15) is 0 Å². The van der Waals surface area contributed by atoms with Crippen molar-refractivity contribution in [2.24, 2.45) is 0 Å². The third kappa shape index (κ3) is 7.79. The molecular formula is C14H26O6. The largest absolute Gasteiger partial charge is 0.462 e. The lowest BCUT2D eigenvalue weighted by Gasteiger charge is -2.24.